The molecule has 1 aromatic rings. The van der Waals surface area contributed by atoms with Crippen LogP contribution in [0.4, 0.5) is 0 Å². The normalized spacial score (nSPS) is 10.6. The van der Waals surface area contributed by atoms with Gasteiger partial charge in [0, 0.05) is 5.56 Å². The third-order valence-corrected chi connectivity index (χ3v) is 4.68. The maximum atomic E-state index is 11.5. The van der Waals surface area contributed by atoms with Crippen molar-refractivity contribution in [1.29, 1.82) is 0 Å². The van der Waals surface area contributed by atoms with Gasteiger partial charge in [0.1, 0.15) is 12.4 Å². The number of carboxylic acid groups (broad SMARTS) is 1. The molecular formula is C23H37LiO6. The maximum Gasteiger partial charge on any atom is 1.00 e. The van der Waals surface area contributed by atoms with Crippen LogP contribution in [0.3, 0.4) is 0 Å². The van der Waals surface area contributed by atoms with Gasteiger partial charge in [-0.25, -0.2) is 0 Å². The van der Waals surface area contributed by atoms with E-state index in [1.165, 1.54) is 44.9 Å². The predicted molar refractivity (Wildman–Crippen MR) is 111 cm³/mol. The molecule has 0 saturated carbocycles. The van der Waals surface area contributed by atoms with E-state index in [1.54, 1.807) is 12.1 Å². The van der Waals surface area contributed by atoms with Gasteiger partial charge in [-0.2, -0.15) is 0 Å². The zero-order chi connectivity index (χ0) is 21.2. The number of aliphatic hydroxyl groups is 1. The number of unbranched alkanes of at least 4 members (excludes halogenated alkanes) is 7. The van der Waals surface area contributed by atoms with Crippen molar-refractivity contribution in [3.8, 4) is 5.75 Å². The zero-order valence-electron chi connectivity index (χ0n) is 18.8. The summed E-state index contributed by atoms with van der Waals surface area (Å²) in [5, 5.41) is 20.0. The summed E-state index contributed by atoms with van der Waals surface area (Å²) in [7, 11) is 0. The Hall–Kier alpha value is -1.03. The van der Waals surface area contributed by atoms with Gasteiger partial charge < -0.3 is 29.2 Å². The topological polar surface area (TPSA) is 88.1 Å². The quantitative estimate of drug-likeness (QED) is 0.255. The first-order valence-corrected chi connectivity index (χ1v) is 10.9. The minimum atomic E-state index is -1.23. The van der Waals surface area contributed by atoms with Crippen LogP contribution < -0.4 is 28.7 Å². The summed E-state index contributed by atoms with van der Waals surface area (Å²) in [5.74, 6) is -0.916. The van der Waals surface area contributed by atoms with E-state index in [1.807, 2.05) is 6.07 Å². The van der Waals surface area contributed by atoms with Gasteiger partial charge in [0.25, 0.3) is 0 Å². The van der Waals surface area contributed by atoms with Crippen LogP contribution in [-0.2, 0) is 15.9 Å². The first-order chi connectivity index (χ1) is 14.2. The summed E-state index contributed by atoms with van der Waals surface area (Å²) in [6.07, 6.45) is 10.9. The molecule has 0 saturated heterocycles. The number of rotatable bonds is 19. The van der Waals surface area contributed by atoms with E-state index in [0.717, 1.165) is 18.4 Å². The van der Waals surface area contributed by atoms with E-state index in [0.29, 0.717) is 32.2 Å². The number of hydrogen-bond donors (Lipinski definition) is 1. The molecule has 7 heteroatoms. The number of carboxylic acids is 1. The van der Waals surface area contributed by atoms with Gasteiger partial charge in [-0.15, -0.1) is 0 Å². The zero-order valence-corrected chi connectivity index (χ0v) is 18.8. The average Bonchev–Trinajstić information content (AvgIpc) is 2.72. The Morgan fingerprint density at radius 1 is 0.900 bits per heavy atom. The molecule has 1 aromatic carbocycles. The average molecular weight is 416 g/mol. The molecule has 0 atom stereocenters. The smallest absolute Gasteiger partial charge is 0.545 e. The van der Waals surface area contributed by atoms with Gasteiger partial charge in [0.2, 0.25) is 0 Å². The van der Waals surface area contributed by atoms with E-state index >= 15 is 0 Å². The van der Waals surface area contributed by atoms with Crippen LogP contribution >= 0.6 is 0 Å². The molecule has 0 aliphatic carbocycles. The van der Waals surface area contributed by atoms with Crippen molar-refractivity contribution in [3.63, 3.8) is 0 Å². The first-order valence-electron chi connectivity index (χ1n) is 10.9. The summed E-state index contributed by atoms with van der Waals surface area (Å²) >= 11 is 0. The molecule has 0 fully saturated rings. The van der Waals surface area contributed by atoms with Gasteiger partial charge in [0.15, 0.2) is 0 Å². The summed E-state index contributed by atoms with van der Waals surface area (Å²) in [6.45, 7) is 3.88. The van der Waals surface area contributed by atoms with Crippen molar-refractivity contribution in [2.45, 2.75) is 64.7 Å². The molecule has 0 spiro atoms. The number of carbonyl (C=O) groups excluding carboxylic acids is 1. The van der Waals surface area contributed by atoms with Gasteiger partial charge in [0.05, 0.1) is 39.0 Å². The molecule has 0 aliphatic heterocycles. The van der Waals surface area contributed by atoms with Gasteiger partial charge >= 0.3 is 18.9 Å². The molecule has 0 radical (unpaired) electrons. The molecule has 1 rings (SSSR count). The van der Waals surface area contributed by atoms with Gasteiger partial charge in [-0.1, -0.05) is 57.9 Å². The summed E-state index contributed by atoms with van der Waals surface area (Å²) in [4.78, 5) is 11.5. The number of hydrogen-bond acceptors (Lipinski definition) is 6. The minimum absolute atomic E-state index is 0. The Labute approximate surface area is 193 Å². The van der Waals surface area contributed by atoms with Crippen LogP contribution in [-0.4, -0.2) is 50.7 Å². The second kappa shape index (κ2) is 19.9. The van der Waals surface area contributed by atoms with Crippen LogP contribution in [0.1, 0.15) is 74.2 Å². The van der Waals surface area contributed by atoms with Crippen LogP contribution in [0.2, 0.25) is 0 Å². The molecule has 0 unspecified atom stereocenters. The van der Waals surface area contributed by atoms with E-state index in [2.05, 4.69) is 6.92 Å². The molecule has 0 bridgehead atoms. The van der Waals surface area contributed by atoms with E-state index in [-0.39, 0.29) is 37.6 Å². The molecule has 0 aliphatic rings. The first kappa shape index (κ1) is 29.0. The molecule has 6 nitrogen and oxygen atoms in total. The van der Waals surface area contributed by atoms with Crippen molar-refractivity contribution in [2.75, 3.05) is 39.6 Å². The van der Waals surface area contributed by atoms with Gasteiger partial charge in [-0.05, 0) is 30.5 Å². The van der Waals surface area contributed by atoms with Crippen molar-refractivity contribution in [2.24, 2.45) is 0 Å². The molecular weight excluding hydrogens is 379 g/mol. The Morgan fingerprint density at radius 2 is 1.50 bits per heavy atom. The van der Waals surface area contributed by atoms with Crippen LogP contribution in [0.15, 0.2) is 18.2 Å². The fraction of sp³-hybridized carbons (Fsp3) is 0.696. The molecule has 0 amide bonds. The second-order valence-electron chi connectivity index (χ2n) is 7.14. The molecule has 1 N–H and O–H groups in total. The van der Waals surface area contributed by atoms with Gasteiger partial charge in [-0.3, -0.25) is 0 Å². The Balaban J connectivity index is 0.00000841. The number of ether oxygens (including phenoxy) is 3. The fourth-order valence-corrected chi connectivity index (χ4v) is 3.08. The van der Waals surface area contributed by atoms with Crippen molar-refractivity contribution in [1.82, 2.24) is 0 Å². The fourth-order valence-electron chi connectivity index (χ4n) is 3.08. The molecule has 30 heavy (non-hydrogen) atoms. The molecule has 166 valence electrons. The Kier molecular flexibility index (Phi) is 19.2. The van der Waals surface area contributed by atoms with Crippen LogP contribution in [0.25, 0.3) is 0 Å². The largest absolute Gasteiger partial charge is 1.00 e. The Bertz CT molecular complexity index is 552. The minimum Gasteiger partial charge on any atom is -0.545 e. The summed E-state index contributed by atoms with van der Waals surface area (Å²) in [6, 6.07) is 5.29. The van der Waals surface area contributed by atoms with Crippen molar-refractivity contribution in [3.05, 3.63) is 29.3 Å². The number of carbonyl (C=O) groups is 1. The summed E-state index contributed by atoms with van der Waals surface area (Å²) < 4.78 is 16.0. The van der Waals surface area contributed by atoms with E-state index in [4.69, 9.17) is 19.3 Å². The standard InChI is InChI=1S/C23H38O6.Li/c1-2-3-4-5-6-7-8-9-10-20-11-12-22(21(19-20)23(25)26)29-18-17-28-16-15-27-14-13-24;/h11-12,19,24H,2-10,13-18H2,1H3,(H,25,26);/q;+1/p-1. The number of benzene rings is 1. The summed E-state index contributed by atoms with van der Waals surface area (Å²) in [5.41, 5.74) is 1.09. The monoisotopic (exact) mass is 416 g/mol. The number of aryl methyl sites for hydroxylation is 1. The van der Waals surface area contributed by atoms with Crippen molar-refractivity contribution >= 4 is 5.97 Å². The predicted octanol–water partition coefficient (Wildman–Crippen LogP) is 0.142. The van der Waals surface area contributed by atoms with Crippen LogP contribution in [0.5, 0.6) is 5.75 Å². The Morgan fingerprint density at radius 3 is 2.13 bits per heavy atom. The third-order valence-electron chi connectivity index (χ3n) is 4.68. The maximum absolute atomic E-state index is 11.5. The molecule has 0 aromatic heterocycles. The van der Waals surface area contributed by atoms with E-state index < -0.39 is 5.97 Å². The second-order valence-corrected chi connectivity index (χ2v) is 7.14. The third kappa shape index (κ3) is 14.1. The SMILES string of the molecule is CCCCCCCCCCc1ccc(OCCOCCOCCO)c(C(=O)[O-])c1.[Li+]. The van der Waals surface area contributed by atoms with E-state index in [9.17, 15) is 9.90 Å². The van der Waals surface area contributed by atoms with Crippen molar-refractivity contribution < 1.29 is 48.1 Å². The van der Waals surface area contributed by atoms with Crippen LogP contribution in [0, 0.1) is 0 Å². The molecule has 0 heterocycles. The number of aliphatic hydroxyl groups excluding tert-OH is 1. The number of aromatic carboxylic acids is 1.